The molecule has 1 aromatic rings. The number of nitrogens with one attached hydrogen (secondary N) is 1. The van der Waals surface area contributed by atoms with Crippen molar-refractivity contribution >= 4 is 21.9 Å². The Morgan fingerprint density at radius 2 is 2.04 bits per heavy atom. The number of rotatable bonds is 5. The molecule has 0 aliphatic carbocycles. The summed E-state index contributed by atoms with van der Waals surface area (Å²) in [6.07, 6.45) is -4.72. The maximum absolute atomic E-state index is 12.7. The number of benzene rings is 1. The highest BCUT2D eigenvalue weighted by atomic mass is 32.2. The highest BCUT2D eigenvalue weighted by molar-refractivity contribution is 7.89. The Morgan fingerprint density at radius 1 is 1.35 bits per heavy atom. The normalized spacial score (nSPS) is 18.6. The van der Waals surface area contributed by atoms with Gasteiger partial charge in [0.1, 0.15) is 0 Å². The number of carboxylic acid groups (broad SMARTS) is 1. The fourth-order valence-corrected chi connectivity index (χ4v) is 3.31. The lowest BCUT2D eigenvalue weighted by Crippen LogP contribution is -2.54. The molecule has 1 amide bonds. The maximum atomic E-state index is 12.7. The van der Waals surface area contributed by atoms with Crippen LogP contribution in [0.15, 0.2) is 29.2 Å². The maximum Gasteiger partial charge on any atom is 0.416 e. The molecular formula is C14H15F3N2O6S. The first-order chi connectivity index (χ1) is 12.0. The number of carboxylic acids is 1. The second-order valence-electron chi connectivity index (χ2n) is 5.37. The van der Waals surface area contributed by atoms with Gasteiger partial charge in [0.05, 0.1) is 30.2 Å². The Bertz CT molecular complexity index is 796. The lowest BCUT2D eigenvalue weighted by atomic mass is 10.2. The van der Waals surface area contributed by atoms with Gasteiger partial charge < -0.3 is 14.7 Å². The number of morpholine rings is 1. The minimum absolute atomic E-state index is 0.0406. The number of amides is 1. The van der Waals surface area contributed by atoms with Crippen LogP contribution in [0.5, 0.6) is 0 Å². The van der Waals surface area contributed by atoms with Crippen LogP contribution >= 0.6 is 0 Å². The van der Waals surface area contributed by atoms with Crippen molar-refractivity contribution in [2.24, 2.45) is 0 Å². The predicted molar refractivity (Wildman–Crippen MR) is 80.6 cm³/mol. The lowest BCUT2D eigenvalue weighted by Gasteiger charge is -2.32. The van der Waals surface area contributed by atoms with Crippen LogP contribution in [0.4, 0.5) is 13.2 Å². The molecule has 1 saturated heterocycles. The molecular weight excluding hydrogens is 381 g/mol. The Morgan fingerprint density at radius 3 is 2.65 bits per heavy atom. The molecule has 1 aromatic carbocycles. The van der Waals surface area contributed by atoms with Crippen molar-refractivity contribution in [2.45, 2.75) is 17.1 Å². The lowest BCUT2D eigenvalue weighted by molar-refractivity contribution is -0.157. The topological polar surface area (TPSA) is 113 Å². The van der Waals surface area contributed by atoms with Crippen LogP contribution in [0.25, 0.3) is 0 Å². The number of ether oxygens (including phenoxy) is 1. The predicted octanol–water partition coefficient (Wildman–Crippen LogP) is 0.296. The zero-order chi connectivity index (χ0) is 19.5. The summed E-state index contributed by atoms with van der Waals surface area (Å²) in [5.41, 5.74) is -1.15. The molecule has 1 atom stereocenters. The molecule has 1 aliphatic rings. The summed E-state index contributed by atoms with van der Waals surface area (Å²) in [6.45, 7) is -0.971. The molecule has 144 valence electrons. The van der Waals surface area contributed by atoms with Crippen molar-refractivity contribution in [1.29, 1.82) is 0 Å². The van der Waals surface area contributed by atoms with Crippen molar-refractivity contribution in [1.82, 2.24) is 9.62 Å². The number of aliphatic carboxylic acids is 1. The van der Waals surface area contributed by atoms with Gasteiger partial charge in [-0.1, -0.05) is 6.07 Å². The van der Waals surface area contributed by atoms with E-state index in [2.05, 4.69) is 0 Å². The van der Waals surface area contributed by atoms with Crippen molar-refractivity contribution in [3.63, 3.8) is 0 Å². The summed E-state index contributed by atoms with van der Waals surface area (Å²) in [5, 5.41) is 9.05. The van der Waals surface area contributed by atoms with Gasteiger partial charge in [0.15, 0.2) is 6.04 Å². The minimum Gasteiger partial charge on any atom is -0.480 e. The Labute approximate surface area is 146 Å². The van der Waals surface area contributed by atoms with Gasteiger partial charge in [0.2, 0.25) is 15.9 Å². The standard InChI is InChI=1S/C14H15F3N2O6S/c15-14(16,17)9-2-1-3-10(6-9)26(23,24)18-7-12(20)19-4-5-25-8-11(19)13(21)22/h1-3,6,11,18H,4-5,7-8H2,(H,21,22). The first-order valence-electron chi connectivity index (χ1n) is 7.29. The number of sulfonamides is 1. The summed E-state index contributed by atoms with van der Waals surface area (Å²) in [4.78, 5) is 23.5. The summed E-state index contributed by atoms with van der Waals surface area (Å²) in [5.74, 6) is -2.13. The molecule has 1 fully saturated rings. The molecule has 8 nitrogen and oxygen atoms in total. The fraction of sp³-hybridized carbons (Fsp3) is 0.429. The SMILES string of the molecule is O=C(O)C1COCCN1C(=O)CNS(=O)(=O)c1cccc(C(F)(F)F)c1. The quantitative estimate of drug-likeness (QED) is 0.740. The first-order valence-corrected chi connectivity index (χ1v) is 8.77. The zero-order valence-electron chi connectivity index (χ0n) is 13.2. The second-order valence-corrected chi connectivity index (χ2v) is 7.13. The zero-order valence-corrected chi connectivity index (χ0v) is 14.0. The minimum atomic E-state index is -4.72. The summed E-state index contributed by atoms with van der Waals surface area (Å²) in [6, 6.07) is 1.80. The van der Waals surface area contributed by atoms with Crippen molar-refractivity contribution in [3.05, 3.63) is 29.8 Å². The highest BCUT2D eigenvalue weighted by Gasteiger charge is 2.34. The summed E-state index contributed by atoms with van der Waals surface area (Å²) < 4.78 is 69.2. The molecule has 0 radical (unpaired) electrons. The molecule has 1 heterocycles. The van der Waals surface area contributed by atoms with Crippen LogP contribution in [0, 0.1) is 0 Å². The summed E-state index contributed by atoms with van der Waals surface area (Å²) in [7, 11) is -4.39. The number of nitrogens with zero attached hydrogens (tertiary/aromatic N) is 1. The second kappa shape index (κ2) is 7.60. The number of hydrogen-bond acceptors (Lipinski definition) is 5. The van der Waals surface area contributed by atoms with Crippen LogP contribution < -0.4 is 4.72 Å². The van der Waals surface area contributed by atoms with E-state index in [9.17, 15) is 31.2 Å². The van der Waals surface area contributed by atoms with Crippen molar-refractivity contribution in [2.75, 3.05) is 26.3 Å². The molecule has 0 bridgehead atoms. The molecule has 2 rings (SSSR count). The van der Waals surface area contributed by atoms with Gasteiger partial charge in [0, 0.05) is 6.54 Å². The fourth-order valence-electron chi connectivity index (χ4n) is 2.29. The third-order valence-electron chi connectivity index (χ3n) is 3.62. The van der Waals surface area contributed by atoms with Gasteiger partial charge in [-0.3, -0.25) is 4.79 Å². The van der Waals surface area contributed by atoms with Gasteiger partial charge in [-0.25, -0.2) is 17.9 Å². The van der Waals surface area contributed by atoms with E-state index < -0.39 is 51.1 Å². The van der Waals surface area contributed by atoms with E-state index in [-0.39, 0.29) is 19.8 Å². The van der Waals surface area contributed by atoms with Gasteiger partial charge in [-0.15, -0.1) is 0 Å². The van der Waals surface area contributed by atoms with Crippen LogP contribution in [0.2, 0.25) is 0 Å². The number of alkyl halides is 3. The van der Waals surface area contributed by atoms with E-state index in [4.69, 9.17) is 9.84 Å². The van der Waals surface area contributed by atoms with E-state index in [1.54, 1.807) is 0 Å². The van der Waals surface area contributed by atoms with Crippen molar-refractivity contribution < 1.29 is 41.0 Å². The van der Waals surface area contributed by atoms with Crippen LogP contribution in [0.1, 0.15) is 5.56 Å². The van der Waals surface area contributed by atoms with E-state index >= 15 is 0 Å². The molecule has 1 aliphatic heterocycles. The van der Waals surface area contributed by atoms with E-state index in [1.807, 2.05) is 4.72 Å². The summed E-state index contributed by atoms with van der Waals surface area (Å²) >= 11 is 0. The smallest absolute Gasteiger partial charge is 0.416 e. The van der Waals surface area contributed by atoms with E-state index in [0.29, 0.717) is 6.07 Å². The number of carbonyl (C=O) groups is 2. The molecule has 1 unspecified atom stereocenters. The first kappa shape index (κ1) is 20.1. The van der Waals surface area contributed by atoms with Crippen molar-refractivity contribution in [3.8, 4) is 0 Å². The van der Waals surface area contributed by atoms with Gasteiger partial charge >= 0.3 is 12.1 Å². The molecule has 0 aromatic heterocycles. The molecule has 2 N–H and O–H groups in total. The average molecular weight is 396 g/mol. The van der Waals surface area contributed by atoms with Gasteiger partial charge in [0.25, 0.3) is 0 Å². The Kier molecular flexibility index (Phi) is 5.88. The van der Waals surface area contributed by atoms with Crippen LogP contribution in [-0.2, 0) is 30.5 Å². The average Bonchev–Trinajstić information content (AvgIpc) is 2.59. The van der Waals surface area contributed by atoms with Gasteiger partial charge in [-0.05, 0) is 18.2 Å². The Balaban J connectivity index is 2.10. The molecule has 0 saturated carbocycles. The molecule has 0 spiro atoms. The van der Waals surface area contributed by atoms with Gasteiger partial charge in [-0.2, -0.15) is 13.2 Å². The Hall–Kier alpha value is -2.18. The number of carbonyl (C=O) groups excluding carboxylic acids is 1. The van der Waals surface area contributed by atoms with Crippen LogP contribution in [0.3, 0.4) is 0 Å². The molecule has 26 heavy (non-hydrogen) atoms. The largest absolute Gasteiger partial charge is 0.480 e. The molecule has 12 heteroatoms. The monoisotopic (exact) mass is 396 g/mol. The third-order valence-corrected chi connectivity index (χ3v) is 5.02. The third kappa shape index (κ3) is 4.71. The number of halogens is 3. The highest BCUT2D eigenvalue weighted by Crippen LogP contribution is 2.30. The number of hydrogen-bond donors (Lipinski definition) is 2. The van der Waals surface area contributed by atoms with E-state index in [1.165, 1.54) is 0 Å². The van der Waals surface area contributed by atoms with E-state index in [0.717, 1.165) is 23.1 Å². The van der Waals surface area contributed by atoms with Crippen LogP contribution in [-0.4, -0.2) is 62.6 Å².